The summed E-state index contributed by atoms with van der Waals surface area (Å²) in [6.45, 7) is 1.67. The highest BCUT2D eigenvalue weighted by molar-refractivity contribution is 9.10. The number of nitrogens with one attached hydrogen (secondary N) is 1. The van der Waals surface area contributed by atoms with Gasteiger partial charge < -0.3 is 5.73 Å². The summed E-state index contributed by atoms with van der Waals surface area (Å²) in [4.78, 5) is 4.04. The standard InChI is InChI=1S/C12H12BrN3O2S/c1-8-10(14)3-2-4-12(8)19(17,18)16-11-5-6-15-7-9(11)13/h2-7H,14H2,1H3,(H,15,16). The van der Waals surface area contributed by atoms with Crippen LogP contribution in [0.4, 0.5) is 11.4 Å². The number of nitrogens with two attached hydrogens (primary N) is 1. The molecule has 1 heterocycles. The van der Waals surface area contributed by atoms with E-state index >= 15 is 0 Å². The SMILES string of the molecule is Cc1c(N)cccc1S(=O)(=O)Nc1ccncc1Br. The Bertz CT molecular complexity index is 717. The Hall–Kier alpha value is -1.60. The highest BCUT2D eigenvalue weighted by Gasteiger charge is 2.18. The molecule has 0 aliphatic carbocycles. The van der Waals surface area contributed by atoms with Crippen molar-refractivity contribution in [3.05, 3.63) is 46.7 Å². The molecule has 0 aliphatic rings. The molecule has 0 radical (unpaired) electrons. The van der Waals surface area contributed by atoms with Gasteiger partial charge in [-0.15, -0.1) is 0 Å². The van der Waals surface area contributed by atoms with E-state index in [0.29, 0.717) is 21.4 Å². The van der Waals surface area contributed by atoms with Crippen molar-refractivity contribution in [2.75, 3.05) is 10.5 Å². The van der Waals surface area contributed by atoms with Gasteiger partial charge in [0.2, 0.25) is 0 Å². The number of aromatic nitrogens is 1. The molecule has 0 atom stereocenters. The summed E-state index contributed by atoms with van der Waals surface area (Å²) < 4.78 is 27.7. The lowest BCUT2D eigenvalue weighted by atomic mass is 10.2. The zero-order chi connectivity index (χ0) is 14.0. The Morgan fingerprint density at radius 2 is 2.05 bits per heavy atom. The van der Waals surface area contributed by atoms with Crippen molar-refractivity contribution in [2.45, 2.75) is 11.8 Å². The molecule has 0 fully saturated rings. The smallest absolute Gasteiger partial charge is 0.262 e. The first kappa shape index (κ1) is 13.8. The van der Waals surface area contributed by atoms with Crippen LogP contribution in [0.2, 0.25) is 0 Å². The number of sulfonamides is 1. The minimum absolute atomic E-state index is 0.163. The number of hydrogen-bond acceptors (Lipinski definition) is 4. The lowest BCUT2D eigenvalue weighted by Crippen LogP contribution is -2.15. The fourth-order valence-electron chi connectivity index (χ4n) is 1.58. The molecular formula is C12H12BrN3O2S. The van der Waals surface area contributed by atoms with Gasteiger partial charge in [-0.1, -0.05) is 6.07 Å². The Balaban J connectivity index is 2.44. The van der Waals surface area contributed by atoms with Crippen LogP contribution in [0.15, 0.2) is 46.0 Å². The van der Waals surface area contributed by atoms with Crippen molar-refractivity contribution >= 4 is 37.3 Å². The van der Waals surface area contributed by atoms with Gasteiger partial charge in [-0.25, -0.2) is 8.42 Å². The lowest BCUT2D eigenvalue weighted by Gasteiger charge is -2.12. The van der Waals surface area contributed by atoms with Gasteiger partial charge in [-0.05, 0) is 46.6 Å². The second-order valence-corrected chi connectivity index (χ2v) is 6.44. The summed E-state index contributed by atoms with van der Waals surface area (Å²) in [5, 5.41) is 0. The molecule has 0 unspecified atom stereocenters. The van der Waals surface area contributed by atoms with Crippen LogP contribution in [0.1, 0.15) is 5.56 Å². The lowest BCUT2D eigenvalue weighted by molar-refractivity contribution is 0.600. The maximum Gasteiger partial charge on any atom is 0.262 e. The van der Waals surface area contributed by atoms with Crippen LogP contribution < -0.4 is 10.5 Å². The maximum absolute atomic E-state index is 12.3. The summed E-state index contributed by atoms with van der Waals surface area (Å²) in [6, 6.07) is 6.36. The van der Waals surface area contributed by atoms with Gasteiger partial charge in [-0.3, -0.25) is 9.71 Å². The summed E-state index contributed by atoms with van der Waals surface area (Å²) in [5.41, 5.74) is 7.13. The van der Waals surface area contributed by atoms with Crippen LogP contribution in [0.25, 0.3) is 0 Å². The predicted octanol–water partition coefficient (Wildman–Crippen LogP) is 2.54. The molecule has 0 amide bonds. The molecule has 3 N–H and O–H groups in total. The largest absolute Gasteiger partial charge is 0.398 e. The molecule has 100 valence electrons. The third-order valence-corrected chi connectivity index (χ3v) is 4.77. The molecule has 0 saturated heterocycles. The van der Waals surface area contributed by atoms with E-state index in [4.69, 9.17) is 5.73 Å². The van der Waals surface area contributed by atoms with Crippen LogP contribution in [0.3, 0.4) is 0 Å². The third kappa shape index (κ3) is 2.87. The van der Waals surface area contributed by atoms with E-state index in [0.717, 1.165) is 0 Å². The van der Waals surface area contributed by atoms with Crippen molar-refractivity contribution in [2.24, 2.45) is 0 Å². The van der Waals surface area contributed by atoms with E-state index in [2.05, 4.69) is 25.6 Å². The van der Waals surface area contributed by atoms with Gasteiger partial charge in [0.05, 0.1) is 15.1 Å². The van der Waals surface area contributed by atoms with E-state index in [1.807, 2.05) is 0 Å². The number of hydrogen-bond donors (Lipinski definition) is 2. The average molecular weight is 342 g/mol. The molecule has 0 spiro atoms. The van der Waals surface area contributed by atoms with E-state index in [-0.39, 0.29) is 4.90 Å². The fraction of sp³-hybridized carbons (Fsp3) is 0.0833. The molecule has 0 saturated carbocycles. The van der Waals surface area contributed by atoms with Gasteiger partial charge in [0.25, 0.3) is 10.0 Å². The fourth-order valence-corrected chi connectivity index (χ4v) is 3.42. The highest BCUT2D eigenvalue weighted by Crippen LogP contribution is 2.26. The third-order valence-electron chi connectivity index (χ3n) is 2.63. The molecule has 19 heavy (non-hydrogen) atoms. The van der Waals surface area contributed by atoms with Gasteiger partial charge in [0.15, 0.2) is 0 Å². The number of benzene rings is 1. The second-order valence-electron chi connectivity index (χ2n) is 3.93. The van der Waals surface area contributed by atoms with Crippen LogP contribution in [0.5, 0.6) is 0 Å². The van der Waals surface area contributed by atoms with Crippen molar-refractivity contribution in [3.8, 4) is 0 Å². The van der Waals surface area contributed by atoms with Crippen LogP contribution in [-0.4, -0.2) is 13.4 Å². The predicted molar refractivity (Wildman–Crippen MR) is 78.3 cm³/mol. The Morgan fingerprint density at radius 3 is 2.74 bits per heavy atom. The normalized spacial score (nSPS) is 11.3. The molecule has 7 heteroatoms. The summed E-state index contributed by atoms with van der Waals surface area (Å²) in [7, 11) is -3.68. The zero-order valence-electron chi connectivity index (χ0n) is 10.1. The Kier molecular flexibility index (Phi) is 3.77. The van der Waals surface area contributed by atoms with Gasteiger partial charge in [0.1, 0.15) is 0 Å². The minimum Gasteiger partial charge on any atom is -0.398 e. The topological polar surface area (TPSA) is 85.1 Å². The maximum atomic E-state index is 12.3. The highest BCUT2D eigenvalue weighted by atomic mass is 79.9. The van der Waals surface area contributed by atoms with E-state index < -0.39 is 10.0 Å². The summed E-state index contributed by atoms with van der Waals surface area (Å²) in [6.07, 6.45) is 3.03. The second kappa shape index (κ2) is 5.18. The minimum atomic E-state index is -3.68. The van der Waals surface area contributed by atoms with Crippen molar-refractivity contribution in [3.63, 3.8) is 0 Å². The molecule has 2 aromatic rings. The van der Waals surface area contributed by atoms with Crippen molar-refractivity contribution in [1.82, 2.24) is 4.98 Å². The van der Waals surface area contributed by atoms with Gasteiger partial charge >= 0.3 is 0 Å². The van der Waals surface area contributed by atoms with Gasteiger partial charge in [-0.2, -0.15) is 0 Å². The van der Waals surface area contributed by atoms with Crippen LogP contribution >= 0.6 is 15.9 Å². The average Bonchev–Trinajstić information content (AvgIpc) is 2.35. The number of rotatable bonds is 3. The zero-order valence-corrected chi connectivity index (χ0v) is 12.5. The molecule has 0 aliphatic heterocycles. The molecule has 2 rings (SSSR count). The van der Waals surface area contributed by atoms with Gasteiger partial charge in [0, 0.05) is 18.1 Å². The molecule has 0 bridgehead atoms. The summed E-state index contributed by atoms with van der Waals surface area (Å²) in [5.74, 6) is 0. The summed E-state index contributed by atoms with van der Waals surface area (Å²) >= 11 is 3.24. The van der Waals surface area contributed by atoms with E-state index in [1.54, 1.807) is 25.1 Å². The Morgan fingerprint density at radius 1 is 1.32 bits per heavy atom. The number of pyridine rings is 1. The van der Waals surface area contributed by atoms with Crippen molar-refractivity contribution in [1.29, 1.82) is 0 Å². The first-order chi connectivity index (χ1) is 8.92. The van der Waals surface area contributed by atoms with E-state index in [1.165, 1.54) is 18.5 Å². The van der Waals surface area contributed by atoms with E-state index in [9.17, 15) is 8.42 Å². The number of nitrogens with zero attached hydrogens (tertiary/aromatic N) is 1. The molecule has 1 aromatic heterocycles. The number of nitrogen functional groups attached to an aromatic ring is 1. The molecule has 5 nitrogen and oxygen atoms in total. The number of halogens is 1. The van der Waals surface area contributed by atoms with Crippen molar-refractivity contribution < 1.29 is 8.42 Å². The molecular weight excluding hydrogens is 330 g/mol. The first-order valence-corrected chi connectivity index (χ1v) is 7.67. The quantitative estimate of drug-likeness (QED) is 0.840. The number of anilines is 2. The van der Waals surface area contributed by atoms with Crippen LogP contribution in [0, 0.1) is 6.92 Å². The Labute approximate surface area is 120 Å². The molecule has 1 aromatic carbocycles. The first-order valence-electron chi connectivity index (χ1n) is 5.39. The van der Waals surface area contributed by atoms with Crippen LogP contribution in [-0.2, 0) is 10.0 Å². The monoisotopic (exact) mass is 341 g/mol.